The number of pyridine rings is 2. The molecule has 2 fully saturated rings. The number of nitrogens with one attached hydrogen (secondary N) is 1. The van der Waals surface area contributed by atoms with E-state index in [1.807, 2.05) is 42.5 Å². The Morgan fingerprint density at radius 3 is 1.88 bits per heavy atom. The molecule has 10 rings (SSSR count). The monoisotopic (exact) mass is 919 g/mol. The molecule has 1 N–H and O–H groups in total. The predicted molar refractivity (Wildman–Crippen MR) is 244 cm³/mol. The fraction of sp³-hybridized carbons (Fsp3) is 0.244. The second kappa shape index (κ2) is 17.7. The van der Waals surface area contributed by atoms with Crippen LogP contribution in [-0.4, -0.2) is 95.9 Å². The van der Waals surface area contributed by atoms with Crippen molar-refractivity contribution in [2.45, 2.75) is 48.6 Å². The predicted octanol–water partition coefficient (Wildman–Crippen LogP) is 6.67. The van der Waals surface area contributed by atoms with E-state index in [-0.39, 0.29) is 16.2 Å². The summed E-state index contributed by atoms with van der Waals surface area (Å²) < 4.78 is 83.7. The van der Waals surface area contributed by atoms with Gasteiger partial charge in [-0.2, -0.15) is 27.7 Å². The molecule has 3 aromatic carbocycles. The summed E-state index contributed by atoms with van der Waals surface area (Å²) in [6.45, 7) is 3.38. The summed E-state index contributed by atoms with van der Waals surface area (Å²) in [5.41, 5.74) is 6.91. The minimum atomic E-state index is -4.06. The smallest absolute Gasteiger partial charge is 0.269 e. The lowest BCUT2D eigenvalue weighted by atomic mass is 10.0. The number of anilines is 1. The quantitative estimate of drug-likeness (QED) is 0.128. The van der Waals surface area contributed by atoms with Crippen molar-refractivity contribution in [1.82, 2.24) is 38.2 Å². The van der Waals surface area contributed by atoms with E-state index in [4.69, 9.17) is 4.18 Å². The van der Waals surface area contributed by atoms with Crippen LogP contribution < -0.4 is 4.90 Å². The molecule has 8 aromatic rings. The van der Waals surface area contributed by atoms with Crippen LogP contribution in [0.15, 0.2) is 138 Å². The topological polar surface area (TPSA) is 195 Å². The van der Waals surface area contributed by atoms with Crippen LogP contribution in [0.1, 0.15) is 37.1 Å². The highest BCUT2D eigenvalue weighted by atomic mass is 32.2. The zero-order valence-electron chi connectivity index (χ0n) is 34.9. The Morgan fingerprint density at radius 2 is 1.22 bits per heavy atom. The number of sulfonamides is 1. The molecule has 19 heteroatoms. The number of aromatic amines is 1. The van der Waals surface area contributed by atoms with Crippen molar-refractivity contribution < 1.29 is 29.4 Å². The molecule has 2 aliphatic heterocycles. The van der Waals surface area contributed by atoms with Gasteiger partial charge in [0.2, 0.25) is 10.0 Å². The molecule has 2 aliphatic rings. The van der Waals surface area contributed by atoms with Crippen LogP contribution in [0.3, 0.4) is 0 Å². The molecule has 330 valence electrons. The molecule has 7 heterocycles. The molecule has 0 radical (unpaired) electrons. The van der Waals surface area contributed by atoms with Crippen molar-refractivity contribution in [2.75, 3.05) is 37.3 Å². The summed E-state index contributed by atoms with van der Waals surface area (Å²) in [6.07, 6.45) is 11.8. The highest BCUT2D eigenvalue weighted by Crippen LogP contribution is 2.35. The summed E-state index contributed by atoms with van der Waals surface area (Å²) in [4.78, 5) is 16.4. The van der Waals surface area contributed by atoms with Gasteiger partial charge in [-0.1, -0.05) is 42.5 Å². The molecule has 0 unspecified atom stereocenters. The van der Waals surface area contributed by atoms with Crippen molar-refractivity contribution in [1.29, 1.82) is 0 Å². The first-order valence-corrected chi connectivity index (χ1v) is 25.5. The maximum atomic E-state index is 13.6. The zero-order chi connectivity index (χ0) is 44.5. The van der Waals surface area contributed by atoms with Crippen molar-refractivity contribution in [3.05, 3.63) is 139 Å². The molecular formula is C45H45N9O7S3. The van der Waals surface area contributed by atoms with E-state index in [1.54, 1.807) is 70.3 Å². The van der Waals surface area contributed by atoms with Crippen LogP contribution in [0.4, 0.5) is 5.69 Å². The van der Waals surface area contributed by atoms with E-state index >= 15 is 0 Å². The molecule has 64 heavy (non-hydrogen) atoms. The molecule has 0 atom stereocenters. The molecule has 16 nitrogen and oxygen atoms in total. The van der Waals surface area contributed by atoms with Gasteiger partial charge in [-0.05, 0) is 109 Å². The lowest BCUT2D eigenvalue weighted by molar-refractivity contribution is 0.306. The Bertz CT molecular complexity index is 3260. The second-order valence-electron chi connectivity index (χ2n) is 15.6. The normalized spacial score (nSPS) is 14.9. The van der Waals surface area contributed by atoms with Crippen molar-refractivity contribution in [3.8, 4) is 22.3 Å². The largest absolute Gasteiger partial charge is 0.372 e. The first-order valence-electron chi connectivity index (χ1n) is 20.8. The van der Waals surface area contributed by atoms with Gasteiger partial charge in [-0.3, -0.25) is 4.18 Å². The third-order valence-electron chi connectivity index (χ3n) is 11.3. The van der Waals surface area contributed by atoms with Gasteiger partial charge < -0.3 is 9.88 Å². The average Bonchev–Trinajstić information content (AvgIpc) is 4.16. The van der Waals surface area contributed by atoms with Crippen LogP contribution in [0.25, 0.3) is 44.3 Å². The lowest BCUT2D eigenvalue weighted by Gasteiger charge is -2.17. The van der Waals surface area contributed by atoms with Gasteiger partial charge in [0, 0.05) is 60.7 Å². The van der Waals surface area contributed by atoms with Crippen LogP contribution in [0, 0.1) is 0 Å². The second-order valence-corrected chi connectivity index (χ2v) is 21.0. The van der Waals surface area contributed by atoms with Crippen molar-refractivity contribution in [3.63, 3.8) is 0 Å². The summed E-state index contributed by atoms with van der Waals surface area (Å²) in [7, 11) is -11.3. The van der Waals surface area contributed by atoms with Gasteiger partial charge in [0.15, 0.2) is 5.65 Å². The minimum Gasteiger partial charge on any atom is -0.372 e. The zero-order valence-corrected chi connectivity index (χ0v) is 37.3. The van der Waals surface area contributed by atoms with Gasteiger partial charge in [0.25, 0.3) is 20.1 Å². The molecule has 0 aliphatic carbocycles. The molecule has 0 saturated carbocycles. The fourth-order valence-corrected chi connectivity index (χ4v) is 11.6. The SMILES string of the molecule is CS(=O)(=O)OCc1cc2c(-c3ccc(N4CCCC4)cc3)ccnc2n1S(=O)(=O)c1ccccc1.O=S(=O)(c1ccc(-c2ccnc3[nH]c(Cn4nccn4)cc23)cc1)N1CCCC1. The lowest BCUT2D eigenvalue weighted by Crippen LogP contribution is -2.27. The molecule has 2 saturated heterocycles. The summed E-state index contributed by atoms with van der Waals surface area (Å²) in [5.74, 6) is 0. The number of hydrogen-bond acceptors (Lipinski definition) is 12. The molecular weight excluding hydrogens is 875 g/mol. The van der Waals surface area contributed by atoms with E-state index < -0.39 is 36.8 Å². The maximum absolute atomic E-state index is 13.6. The van der Waals surface area contributed by atoms with Crippen molar-refractivity contribution >= 4 is 57.9 Å². The highest BCUT2D eigenvalue weighted by Gasteiger charge is 2.28. The number of aromatic nitrogens is 7. The van der Waals surface area contributed by atoms with Gasteiger partial charge in [-0.25, -0.2) is 30.8 Å². The number of benzene rings is 3. The molecule has 0 amide bonds. The Balaban J connectivity index is 0.000000165. The first-order chi connectivity index (χ1) is 30.8. The number of fused-ring (bicyclic) bond motifs is 2. The van der Waals surface area contributed by atoms with E-state index in [0.717, 1.165) is 80.8 Å². The highest BCUT2D eigenvalue weighted by molar-refractivity contribution is 7.90. The Labute approximate surface area is 371 Å². The van der Waals surface area contributed by atoms with Crippen LogP contribution in [0.2, 0.25) is 0 Å². The van der Waals surface area contributed by atoms with Crippen LogP contribution >= 0.6 is 0 Å². The van der Waals surface area contributed by atoms with Crippen LogP contribution in [0.5, 0.6) is 0 Å². The van der Waals surface area contributed by atoms with E-state index in [9.17, 15) is 25.3 Å². The minimum absolute atomic E-state index is 0.0697. The van der Waals surface area contributed by atoms with Gasteiger partial charge >= 0.3 is 0 Å². The number of rotatable bonds is 12. The summed E-state index contributed by atoms with van der Waals surface area (Å²) >= 11 is 0. The Kier molecular flexibility index (Phi) is 11.9. The average molecular weight is 920 g/mol. The third kappa shape index (κ3) is 8.94. The van der Waals surface area contributed by atoms with Gasteiger partial charge in [0.05, 0.1) is 34.1 Å². The fourth-order valence-electron chi connectivity index (χ4n) is 8.22. The summed E-state index contributed by atoms with van der Waals surface area (Å²) in [6, 6.07) is 30.7. The van der Waals surface area contributed by atoms with Crippen LogP contribution in [-0.2, 0) is 47.5 Å². The first kappa shape index (κ1) is 43.0. The van der Waals surface area contributed by atoms with Gasteiger partial charge in [0.1, 0.15) is 18.8 Å². The third-order valence-corrected chi connectivity index (χ3v) is 15.5. The van der Waals surface area contributed by atoms with Gasteiger partial charge in [-0.15, -0.1) is 0 Å². The van der Waals surface area contributed by atoms with E-state index in [1.165, 1.54) is 25.0 Å². The molecule has 5 aromatic heterocycles. The van der Waals surface area contributed by atoms with E-state index in [0.29, 0.717) is 29.9 Å². The van der Waals surface area contributed by atoms with Crippen molar-refractivity contribution in [2.24, 2.45) is 0 Å². The van der Waals surface area contributed by atoms with E-state index in [2.05, 4.69) is 42.2 Å². The number of H-pyrrole nitrogens is 1. The maximum Gasteiger partial charge on any atom is 0.269 e. The molecule has 0 spiro atoms. The number of hydrogen-bond donors (Lipinski definition) is 1. The Hall–Kier alpha value is -6.25. The number of nitrogens with zero attached hydrogens (tertiary/aromatic N) is 8. The summed E-state index contributed by atoms with van der Waals surface area (Å²) in [5, 5.41) is 9.83. The Morgan fingerprint density at radius 1 is 0.625 bits per heavy atom. The standard InChI is InChI=1S/C25H25N3O5S2.C20H20N6O2S/c1-34(29,30)33-18-21-17-24-23(19-9-11-20(12-10-19)27-15-5-6-16-27)13-14-26-25(24)28(21)35(31,32)22-7-3-2-4-8-22;27-29(28,25-11-1-2-12-25)17-5-3-15(4-6-17)18-7-8-21-20-19(18)13-16(24-20)14-26-22-9-10-23-26/h2-4,7-14,17H,5-6,15-16,18H2,1H3;3-10,13H,1-2,11-12,14H2,(H,21,24). The molecule has 0 bridgehead atoms.